The second kappa shape index (κ2) is 8.73. The molecule has 1 aromatic heterocycles. The van der Waals surface area contributed by atoms with Crippen LogP contribution in [0, 0.1) is 5.82 Å². The van der Waals surface area contributed by atoms with Gasteiger partial charge in [0.1, 0.15) is 5.82 Å². The Morgan fingerprint density at radius 1 is 1.37 bits per heavy atom. The van der Waals surface area contributed by atoms with Crippen LogP contribution < -0.4 is 4.74 Å². The molecular formula is C19H25FN4O2S. The van der Waals surface area contributed by atoms with Gasteiger partial charge in [0.05, 0.1) is 12.9 Å². The van der Waals surface area contributed by atoms with Crippen LogP contribution in [0.5, 0.6) is 5.75 Å². The van der Waals surface area contributed by atoms with E-state index in [9.17, 15) is 9.18 Å². The number of carbonyl (C=O) groups is 1. The number of methoxy groups -OCH3 is 1. The topological polar surface area (TPSA) is 60.2 Å². The summed E-state index contributed by atoms with van der Waals surface area (Å²) < 4.78 is 20.9. The molecule has 27 heavy (non-hydrogen) atoms. The zero-order valence-corrected chi connectivity index (χ0v) is 16.8. The minimum absolute atomic E-state index is 0.00245. The molecule has 0 radical (unpaired) electrons. The lowest BCUT2D eigenvalue weighted by Crippen LogP contribution is -2.31. The van der Waals surface area contributed by atoms with Crippen molar-refractivity contribution in [1.29, 1.82) is 0 Å². The van der Waals surface area contributed by atoms with Gasteiger partial charge in [-0.1, -0.05) is 17.8 Å². The van der Waals surface area contributed by atoms with E-state index in [4.69, 9.17) is 4.74 Å². The summed E-state index contributed by atoms with van der Waals surface area (Å²) in [5.41, 5.74) is 0.737. The summed E-state index contributed by atoms with van der Waals surface area (Å²) in [6.07, 6.45) is 2.34. The van der Waals surface area contributed by atoms with E-state index >= 15 is 0 Å². The summed E-state index contributed by atoms with van der Waals surface area (Å²) in [6.45, 7) is 5.71. The van der Waals surface area contributed by atoms with Crippen molar-refractivity contribution in [2.75, 3.05) is 19.4 Å². The molecule has 2 aromatic rings. The molecule has 0 aliphatic heterocycles. The summed E-state index contributed by atoms with van der Waals surface area (Å²) in [7, 11) is 1.43. The Balaban J connectivity index is 1.61. The Labute approximate surface area is 163 Å². The van der Waals surface area contributed by atoms with Gasteiger partial charge in [0.15, 0.2) is 16.7 Å². The zero-order chi connectivity index (χ0) is 19.4. The molecule has 1 fully saturated rings. The first kappa shape index (κ1) is 19.7. The normalized spacial score (nSPS) is 13.6. The molecule has 8 heteroatoms. The van der Waals surface area contributed by atoms with Gasteiger partial charge < -0.3 is 14.2 Å². The van der Waals surface area contributed by atoms with E-state index in [2.05, 4.69) is 21.7 Å². The van der Waals surface area contributed by atoms with E-state index < -0.39 is 5.82 Å². The Hall–Kier alpha value is -2.09. The molecule has 0 N–H and O–H groups in total. The third-order valence-corrected chi connectivity index (χ3v) is 5.60. The Bertz CT molecular complexity index is 807. The molecular weight excluding hydrogens is 367 g/mol. The Kier molecular flexibility index (Phi) is 6.36. The smallest absolute Gasteiger partial charge is 0.233 e. The SMILES string of the molecule is CCN(Cc1ccc(OC)c(F)c1)C(=O)CSc1nnc(C2CC2)n1CC. The quantitative estimate of drug-likeness (QED) is 0.612. The standard InChI is InChI=1S/C19H25FN4O2S/c1-4-23(11-13-6-9-16(26-3)15(20)10-13)17(25)12-27-19-22-21-18(14-7-8-14)24(19)5-2/h6,9-10,14H,4-5,7-8,11-12H2,1-3H3. The molecule has 1 saturated carbocycles. The lowest BCUT2D eigenvalue weighted by molar-refractivity contribution is -0.128. The zero-order valence-electron chi connectivity index (χ0n) is 15.9. The molecule has 0 saturated heterocycles. The summed E-state index contributed by atoms with van der Waals surface area (Å²) in [6, 6.07) is 4.78. The number of halogens is 1. The van der Waals surface area contributed by atoms with Crippen LogP contribution in [0.4, 0.5) is 4.39 Å². The Morgan fingerprint density at radius 2 is 2.15 bits per heavy atom. The first-order chi connectivity index (χ1) is 13.1. The van der Waals surface area contributed by atoms with Crippen molar-refractivity contribution < 1.29 is 13.9 Å². The third-order valence-electron chi connectivity index (χ3n) is 4.65. The summed E-state index contributed by atoms with van der Waals surface area (Å²) in [5, 5.41) is 9.35. The third kappa shape index (κ3) is 4.61. The van der Waals surface area contributed by atoms with Crippen LogP contribution in [0.3, 0.4) is 0 Å². The number of hydrogen-bond acceptors (Lipinski definition) is 5. The molecule has 1 heterocycles. The molecule has 1 aromatic carbocycles. The van der Waals surface area contributed by atoms with Gasteiger partial charge in [0.2, 0.25) is 5.91 Å². The van der Waals surface area contributed by atoms with Crippen molar-refractivity contribution in [2.45, 2.75) is 50.9 Å². The number of rotatable bonds is 9. The number of hydrogen-bond donors (Lipinski definition) is 0. The van der Waals surface area contributed by atoms with Crippen molar-refractivity contribution >= 4 is 17.7 Å². The van der Waals surface area contributed by atoms with Crippen LogP contribution in [-0.4, -0.2) is 45.0 Å². The van der Waals surface area contributed by atoms with Crippen LogP contribution in [0.25, 0.3) is 0 Å². The predicted octanol–water partition coefficient (Wildman–Crippen LogP) is 3.46. The monoisotopic (exact) mass is 392 g/mol. The van der Waals surface area contributed by atoms with Crippen molar-refractivity contribution in [3.8, 4) is 5.75 Å². The lowest BCUT2D eigenvalue weighted by Gasteiger charge is -2.21. The van der Waals surface area contributed by atoms with Crippen LogP contribution in [0.1, 0.15) is 44.0 Å². The highest BCUT2D eigenvalue weighted by molar-refractivity contribution is 7.99. The minimum atomic E-state index is -0.420. The molecule has 1 aliphatic rings. The molecule has 0 bridgehead atoms. The molecule has 1 amide bonds. The minimum Gasteiger partial charge on any atom is -0.494 e. The number of carbonyl (C=O) groups excluding carboxylic acids is 1. The van der Waals surface area contributed by atoms with Crippen molar-refractivity contribution in [3.05, 3.63) is 35.4 Å². The number of benzene rings is 1. The van der Waals surface area contributed by atoms with Crippen molar-refractivity contribution in [1.82, 2.24) is 19.7 Å². The highest BCUT2D eigenvalue weighted by atomic mass is 32.2. The molecule has 0 spiro atoms. The molecule has 0 unspecified atom stereocenters. The second-order valence-electron chi connectivity index (χ2n) is 6.52. The predicted molar refractivity (Wildman–Crippen MR) is 102 cm³/mol. The van der Waals surface area contributed by atoms with E-state index in [0.717, 1.165) is 23.1 Å². The molecule has 1 aliphatic carbocycles. The largest absolute Gasteiger partial charge is 0.494 e. The molecule has 6 nitrogen and oxygen atoms in total. The van der Waals surface area contributed by atoms with E-state index in [1.165, 1.54) is 37.8 Å². The van der Waals surface area contributed by atoms with Gasteiger partial charge in [-0.25, -0.2) is 4.39 Å². The van der Waals surface area contributed by atoms with E-state index in [0.29, 0.717) is 19.0 Å². The molecule has 3 rings (SSSR count). The fraction of sp³-hybridized carbons (Fsp3) is 0.526. The summed E-state index contributed by atoms with van der Waals surface area (Å²) in [4.78, 5) is 14.4. The molecule has 0 atom stereocenters. The van der Waals surface area contributed by atoms with Crippen LogP contribution in [-0.2, 0) is 17.9 Å². The van der Waals surface area contributed by atoms with Gasteiger partial charge in [-0.15, -0.1) is 10.2 Å². The maximum absolute atomic E-state index is 13.9. The molecule has 146 valence electrons. The highest BCUT2D eigenvalue weighted by Crippen LogP contribution is 2.40. The van der Waals surface area contributed by atoms with Crippen molar-refractivity contribution in [2.24, 2.45) is 0 Å². The average molecular weight is 393 g/mol. The van der Waals surface area contributed by atoms with Gasteiger partial charge in [-0.2, -0.15) is 0 Å². The van der Waals surface area contributed by atoms with Gasteiger partial charge in [-0.3, -0.25) is 4.79 Å². The van der Waals surface area contributed by atoms with Gasteiger partial charge in [-0.05, 0) is 44.4 Å². The number of nitrogens with zero attached hydrogens (tertiary/aromatic N) is 4. The second-order valence-corrected chi connectivity index (χ2v) is 7.47. The lowest BCUT2D eigenvalue weighted by atomic mass is 10.2. The van der Waals surface area contributed by atoms with Gasteiger partial charge in [0, 0.05) is 25.6 Å². The van der Waals surface area contributed by atoms with Crippen molar-refractivity contribution in [3.63, 3.8) is 0 Å². The maximum Gasteiger partial charge on any atom is 0.233 e. The van der Waals surface area contributed by atoms with Crippen LogP contribution in [0.15, 0.2) is 23.4 Å². The van der Waals surface area contributed by atoms with Gasteiger partial charge in [0.25, 0.3) is 0 Å². The van der Waals surface area contributed by atoms with Crippen LogP contribution in [0.2, 0.25) is 0 Å². The average Bonchev–Trinajstić information content (AvgIpc) is 3.44. The number of thioether (sulfide) groups is 1. The summed E-state index contributed by atoms with van der Waals surface area (Å²) >= 11 is 1.41. The summed E-state index contributed by atoms with van der Waals surface area (Å²) in [5.74, 6) is 1.63. The fourth-order valence-corrected chi connectivity index (χ4v) is 3.88. The maximum atomic E-state index is 13.9. The first-order valence-corrected chi connectivity index (χ1v) is 10.2. The van der Waals surface area contributed by atoms with E-state index in [1.807, 2.05) is 6.92 Å². The van der Waals surface area contributed by atoms with Gasteiger partial charge >= 0.3 is 0 Å². The number of aromatic nitrogens is 3. The number of amides is 1. The first-order valence-electron chi connectivity index (χ1n) is 9.23. The van der Waals surface area contributed by atoms with Crippen LogP contribution >= 0.6 is 11.8 Å². The fourth-order valence-electron chi connectivity index (χ4n) is 2.97. The highest BCUT2D eigenvalue weighted by Gasteiger charge is 2.30. The Morgan fingerprint density at radius 3 is 2.74 bits per heavy atom. The van der Waals surface area contributed by atoms with E-state index in [-0.39, 0.29) is 17.4 Å². The number of ether oxygens (including phenoxy) is 1. The van der Waals surface area contributed by atoms with E-state index in [1.54, 1.807) is 17.0 Å².